The van der Waals surface area contributed by atoms with Crippen LogP contribution in [0.25, 0.3) is 0 Å². The normalized spacial score (nSPS) is 11.4. The average molecular weight is 270 g/mol. The standard InChI is InChI=1S/C6H6O3S.CH4O4S/c7-10(8,9)6-4-2-1-3-5-6;2-1-6(3,4)5/h1-5H,(H,7,8,9);2H,1H2,(H,3,4,5). The average Bonchev–Trinajstić information content (AvgIpc) is 2.18. The molecule has 0 atom stereocenters. The van der Waals surface area contributed by atoms with Gasteiger partial charge in [-0.05, 0) is 12.1 Å². The molecule has 0 aromatic heterocycles. The zero-order valence-corrected chi connectivity index (χ0v) is 9.52. The molecule has 16 heavy (non-hydrogen) atoms. The Hall–Kier alpha value is -1.00. The van der Waals surface area contributed by atoms with E-state index in [1.165, 1.54) is 12.1 Å². The summed E-state index contributed by atoms with van der Waals surface area (Å²) < 4.78 is 55.4. The number of aliphatic hydroxyl groups is 1. The molecular weight excluding hydrogens is 260 g/mol. The first-order chi connectivity index (χ1) is 7.17. The lowest BCUT2D eigenvalue weighted by Gasteiger charge is -1.92. The van der Waals surface area contributed by atoms with Gasteiger partial charge in [-0.3, -0.25) is 9.11 Å². The molecule has 0 spiro atoms. The van der Waals surface area contributed by atoms with Crippen LogP contribution in [0.3, 0.4) is 0 Å². The summed E-state index contributed by atoms with van der Waals surface area (Å²) in [4.78, 5) is -0.0741. The molecule has 9 heteroatoms. The summed E-state index contributed by atoms with van der Waals surface area (Å²) in [5.74, 6) is -1.20. The Morgan fingerprint density at radius 2 is 1.31 bits per heavy atom. The lowest BCUT2D eigenvalue weighted by atomic mass is 10.4. The fourth-order valence-corrected chi connectivity index (χ4v) is 1.09. The fourth-order valence-electron chi connectivity index (χ4n) is 0.592. The molecule has 7 nitrogen and oxygen atoms in total. The van der Waals surface area contributed by atoms with Crippen molar-refractivity contribution in [2.45, 2.75) is 4.90 Å². The third-order valence-electron chi connectivity index (χ3n) is 1.20. The van der Waals surface area contributed by atoms with Gasteiger partial charge in [0.1, 0.15) is 0 Å². The van der Waals surface area contributed by atoms with Crippen molar-refractivity contribution in [3.8, 4) is 0 Å². The number of aliphatic hydroxyl groups excluding tert-OH is 1. The Kier molecular flexibility index (Phi) is 5.55. The van der Waals surface area contributed by atoms with Crippen molar-refractivity contribution in [1.82, 2.24) is 0 Å². The maximum absolute atomic E-state index is 10.4. The topological polar surface area (TPSA) is 129 Å². The van der Waals surface area contributed by atoms with Crippen LogP contribution in [-0.4, -0.2) is 37.0 Å². The Labute approximate surface area is 92.9 Å². The van der Waals surface area contributed by atoms with Crippen LogP contribution >= 0.6 is 0 Å². The molecule has 0 amide bonds. The molecule has 92 valence electrons. The Bertz CT molecular complexity index is 503. The maximum atomic E-state index is 10.4. The van der Waals surface area contributed by atoms with E-state index in [4.69, 9.17) is 14.2 Å². The minimum Gasteiger partial charge on any atom is -0.378 e. The van der Waals surface area contributed by atoms with Crippen LogP contribution in [0.4, 0.5) is 0 Å². The van der Waals surface area contributed by atoms with Crippen LogP contribution in [0.1, 0.15) is 0 Å². The molecule has 0 heterocycles. The quantitative estimate of drug-likeness (QED) is 0.632. The van der Waals surface area contributed by atoms with E-state index in [1.807, 2.05) is 0 Å². The largest absolute Gasteiger partial charge is 0.378 e. The van der Waals surface area contributed by atoms with Gasteiger partial charge in [-0.15, -0.1) is 0 Å². The molecular formula is C7H10O7S2. The van der Waals surface area contributed by atoms with Crippen LogP contribution in [0.5, 0.6) is 0 Å². The highest BCUT2D eigenvalue weighted by atomic mass is 32.2. The van der Waals surface area contributed by atoms with Crippen molar-refractivity contribution in [1.29, 1.82) is 0 Å². The smallest absolute Gasteiger partial charge is 0.294 e. The monoisotopic (exact) mass is 270 g/mol. The van der Waals surface area contributed by atoms with E-state index in [-0.39, 0.29) is 4.90 Å². The number of hydrogen-bond donors (Lipinski definition) is 3. The molecule has 1 aromatic rings. The number of hydrogen-bond acceptors (Lipinski definition) is 5. The Morgan fingerprint density at radius 3 is 1.50 bits per heavy atom. The van der Waals surface area contributed by atoms with Crippen molar-refractivity contribution in [2.24, 2.45) is 0 Å². The summed E-state index contributed by atoms with van der Waals surface area (Å²) in [5.41, 5.74) is 0. The third-order valence-corrected chi connectivity index (χ3v) is 2.40. The summed E-state index contributed by atoms with van der Waals surface area (Å²) in [7, 11) is -8.11. The SMILES string of the molecule is O=S(=O)(O)CO.O=S(=O)(O)c1ccccc1. The molecule has 0 aliphatic carbocycles. The molecule has 0 saturated carbocycles. The van der Waals surface area contributed by atoms with Crippen molar-refractivity contribution < 1.29 is 31.0 Å². The van der Waals surface area contributed by atoms with E-state index < -0.39 is 26.2 Å². The molecule has 1 rings (SSSR count). The number of benzene rings is 1. The summed E-state index contributed by atoms with van der Waals surface area (Å²) in [6, 6.07) is 7.42. The van der Waals surface area contributed by atoms with Crippen molar-refractivity contribution in [3.05, 3.63) is 30.3 Å². The molecule has 0 radical (unpaired) electrons. The molecule has 0 saturated heterocycles. The van der Waals surface area contributed by atoms with Gasteiger partial charge in [0, 0.05) is 0 Å². The van der Waals surface area contributed by atoms with Gasteiger partial charge >= 0.3 is 0 Å². The summed E-state index contributed by atoms with van der Waals surface area (Å²) in [5, 5.41) is 7.56. The van der Waals surface area contributed by atoms with Gasteiger partial charge in [0.2, 0.25) is 0 Å². The van der Waals surface area contributed by atoms with Crippen LogP contribution in [0.2, 0.25) is 0 Å². The Balaban J connectivity index is 0.000000325. The Morgan fingerprint density at radius 1 is 0.938 bits per heavy atom. The van der Waals surface area contributed by atoms with E-state index in [0.717, 1.165) is 0 Å². The summed E-state index contributed by atoms with van der Waals surface area (Å²) >= 11 is 0. The van der Waals surface area contributed by atoms with Gasteiger partial charge in [0.05, 0.1) is 4.90 Å². The van der Waals surface area contributed by atoms with Crippen molar-refractivity contribution >= 4 is 20.2 Å². The summed E-state index contributed by atoms with van der Waals surface area (Å²) in [6.07, 6.45) is 0. The second-order valence-electron chi connectivity index (χ2n) is 2.50. The molecule has 0 aliphatic heterocycles. The van der Waals surface area contributed by atoms with Gasteiger partial charge in [-0.2, -0.15) is 16.8 Å². The first-order valence-electron chi connectivity index (χ1n) is 3.75. The fraction of sp³-hybridized carbons (Fsp3) is 0.143. The van der Waals surface area contributed by atoms with E-state index in [0.29, 0.717) is 0 Å². The van der Waals surface area contributed by atoms with Gasteiger partial charge in [0.15, 0.2) is 5.94 Å². The van der Waals surface area contributed by atoms with Gasteiger partial charge in [-0.1, -0.05) is 18.2 Å². The second kappa shape index (κ2) is 5.92. The van der Waals surface area contributed by atoms with E-state index >= 15 is 0 Å². The maximum Gasteiger partial charge on any atom is 0.294 e. The van der Waals surface area contributed by atoms with E-state index in [1.54, 1.807) is 18.2 Å². The first kappa shape index (κ1) is 15.0. The zero-order chi connectivity index (χ0) is 12.8. The van der Waals surface area contributed by atoms with Crippen molar-refractivity contribution in [3.63, 3.8) is 0 Å². The molecule has 0 aliphatic rings. The first-order valence-corrected chi connectivity index (χ1v) is 6.80. The van der Waals surface area contributed by atoms with Crippen LogP contribution in [0, 0.1) is 0 Å². The second-order valence-corrected chi connectivity index (χ2v) is 5.34. The molecule has 0 unspecified atom stereocenters. The highest BCUT2D eigenvalue weighted by molar-refractivity contribution is 7.86. The predicted molar refractivity (Wildman–Crippen MR) is 54.9 cm³/mol. The lowest BCUT2D eigenvalue weighted by Crippen LogP contribution is -2.00. The van der Waals surface area contributed by atoms with Crippen LogP contribution in [0.15, 0.2) is 35.2 Å². The highest BCUT2D eigenvalue weighted by Crippen LogP contribution is 2.05. The number of rotatable bonds is 2. The van der Waals surface area contributed by atoms with Gasteiger partial charge in [0.25, 0.3) is 20.2 Å². The minimum absolute atomic E-state index is 0.0741. The van der Waals surface area contributed by atoms with Gasteiger partial charge in [-0.25, -0.2) is 0 Å². The van der Waals surface area contributed by atoms with E-state index in [2.05, 4.69) is 0 Å². The zero-order valence-electron chi connectivity index (χ0n) is 7.88. The van der Waals surface area contributed by atoms with Crippen LogP contribution < -0.4 is 0 Å². The van der Waals surface area contributed by atoms with Gasteiger partial charge < -0.3 is 5.11 Å². The molecule has 1 aromatic carbocycles. The lowest BCUT2D eigenvalue weighted by molar-refractivity contribution is 0.336. The molecule has 3 N–H and O–H groups in total. The van der Waals surface area contributed by atoms with Crippen LogP contribution in [-0.2, 0) is 20.2 Å². The predicted octanol–water partition coefficient (Wildman–Crippen LogP) is -0.243. The van der Waals surface area contributed by atoms with E-state index in [9.17, 15) is 16.8 Å². The highest BCUT2D eigenvalue weighted by Gasteiger charge is 2.05. The van der Waals surface area contributed by atoms with Crippen molar-refractivity contribution in [2.75, 3.05) is 5.94 Å². The third kappa shape index (κ3) is 7.31. The molecule has 0 bridgehead atoms. The molecule has 0 fully saturated rings. The minimum atomic E-state index is -4.11. The summed E-state index contributed by atoms with van der Waals surface area (Å²) in [6.45, 7) is 0.